The maximum atomic E-state index is 3.57. The van der Waals surface area contributed by atoms with Crippen LogP contribution >= 0.6 is 39.7 Å². The molecule has 0 spiro atoms. The molecule has 1 aromatic rings. The van der Waals surface area contributed by atoms with Gasteiger partial charge < -0.3 is 5.32 Å². The van der Waals surface area contributed by atoms with Gasteiger partial charge in [-0.05, 0) is 47.4 Å². The van der Waals surface area contributed by atoms with Crippen molar-refractivity contribution < 1.29 is 0 Å². The summed E-state index contributed by atoms with van der Waals surface area (Å²) in [7, 11) is 2.21. The van der Waals surface area contributed by atoms with Crippen molar-refractivity contribution in [2.24, 2.45) is 0 Å². The molecule has 2 nitrogen and oxygen atoms in total. The van der Waals surface area contributed by atoms with Gasteiger partial charge in [-0.15, -0.1) is 23.7 Å². The zero-order chi connectivity index (χ0) is 9.97. The summed E-state index contributed by atoms with van der Waals surface area (Å²) in [6.45, 7) is 3.37. The average molecular weight is 312 g/mol. The Morgan fingerprint density at radius 1 is 1.67 bits per heavy atom. The van der Waals surface area contributed by atoms with Crippen LogP contribution in [-0.2, 0) is 6.54 Å². The van der Waals surface area contributed by atoms with E-state index in [-0.39, 0.29) is 12.4 Å². The van der Waals surface area contributed by atoms with Gasteiger partial charge in [0.25, 0.3) is 0 Å². The standard InChI is InChI=1S/C10H15BrN2S.ClH/c1-13(8-2-4-12-6-8)7-10-9(11)3-5-14-10;/h3,5,8,12H,2,4,6-7H2,1H3;1H. The average Bonchev–Trinajstić information content (AvgIpc) is 2.77. The number of hydrogen-bond donors (Lipinski definition) is 1. The lowest BCUT2D eigenvalue weighted by molar-refractivity contribution is 0.250. The van der Waals surface area contributed by atoms with Crippen molar-refractivity contribution in [3.8, 4) is 0 Å². The van der Waals surface area contributed by atoms with E-state index in [2.05, 4.69) is 44.6 Å². The predicted molar refractivity (Wildman–Crippen MR) is 72.0 cm³/mol. The van der Waals surface area contributed by atoms with Gasteiger partial charge >= 0.3 is 0 Å². The number of rotatable bonds is 3. The fraction of sp³-hybridized carbons (Fsp3) is 0.600. The fourth-order valence-electron chi connectivity index (χ4n) is 1.81. The van der Waals surface area contributed by atoms with Crippen LogP contribution in [-0.4, -0.2) is 31.1 Å². The Morgan fingerprint density at radius 3 is 3.00 bits per heavy atom. The molecule has 1 atom stereocenters. The Hall–Kier alpha value is 0.390. The zero-order valence-corrected chi connectivity index (χ0v) is 11.9. The Kier molecular flexibility index (Phi) is 5.57. The quantitative estimate of drug-likeness (QED) is 0.923. The van der Waals surface area contributed by atoms with Crippen LogP contribution in [0.1, 0.15) is 11.3 Å². The van der Waals surface area contributed by atoms with Crippen molar-refractivity contribution in [3.05, 3.63) is 20.8 Å². The van der Waals surface area contributed by atoms with Crippen molar-refractivity contribution in [1.82, 2.24) is 10.2 Å². The number of nitrogens with zero attached hydrogens (tertiary/aromatic N) is 1. The summed E-state index contributed by atoms with van der Waals surface area (Å²) >= 11 is 5.40. The lowest BCUT2D eigenvalue weighted by atomic mass is 10.2. The van der Waals surface area contributed by atoms with Gasteiger partial charge in [0.2, 0.25) is 0 Å². The van der Waals surface area contributed by atoms with Gasteiger partial charge in [-0.25, -0.2) is 0 Å². The van der Waals surface area contributed by atoms with Crippen LogP contribution in [0.15, 0.2) is 15.9 Å². The number of likely N-dealkylation sites (N-methyl/N-ethyl adjacent to an activating group) is 1. The highest BCUT2D eigenvalue weighted by molar-refractivity contribution is 9.10. The molecule has 1 aromatic heterocycles. The molecule has 1 fully saturated rings. The van der Waals surface area contributed by atoms with Crippen molar-refractivity contribution in [2.75, 3.05) is 20.1 Å². The molecule has 0 aromatic carbocycles. The second-order valence-corrected chi connectivity index (χ2v) is 5.61. The van der Waals surface area contributed by atoms with Crippen LogP contribution in [0.25, 0.3) is 0 Å². The molecule has 0 saturated carbocycles. The van der Waals surface area contributed by atoms with Gasteiger partial charge in [-0.2, -0.15) is 0 Å². The molecule has 0 bridgehead atoms. The SMILES string of the molecule is CN(Cc1sccc1Br)C1CCNC1.Cl. The predicted octanol–water partition coefficient (Wildman–Crippen LogP) is 2.73. The summed E-state index contributed by atoms with van der Waals surface area (Å²) in [6.07, 6.45) is 1.28. The molecular weight excluding hydrogens is 296 g/mol. The van der Waals surface area contributed by atoms with Crippen LogP contribution in [0.5, 0.6) is 0 Å². The summed E-state index contributed by atoms with van der Waals surface area (Å²) in [5, 5.41) is 5.54. The maximum Gasteiger partial charge on any atom is 0.0339 e. The summed E-state index contributed by atoms with van der Waals surface area (Å²) in [4.78, 5) is 3.87. The van der Waals surface area contributed by atoms with E-state index >= 15 is 0 Å². The van der Waals surface area contributed by atoms with E-state index in [4.69, 9.17) is 0 Å². The number of thiophene rings is 1. The number of hydrogen-bond acceptors (Lipinski definition) is 3. The summed E-state index contributed by atoms with van der Waals surface area (Å²) < 4.78 is 1.25. The van der Waals surface area contributed by atoms with Crippen molar-refractivity contribution in [2.45, 2.75) is 19.0 Å². The summed E-state index contributed by atoms with van der Waals surface area (Å²) in [5.74, 6) is 0. The first kappa shape index (κ1) is 13.5. The lowest BCUT2D eigenvalue weighted by Gasteiger charge is -2.22. The van der Waals surface area contributed by atoms with Crippen LogP contribution in [0.4, 0.5) is 0 Å². The molecule has 1 saturated heterocycles. The van der Waals surface area contributed by atoms with Crippen molar-refractivity contribution >= 4 is 39.7 Å². The van der Waals surface area contributed by atoms with Gasteiger partial charge in [0.1, 0.15) is 0 Å². The minimum atomic E-state index is 0. The highest BCUT2D eigenvalue weighted by Crippen LogP contribution is 2.24. The third kappa shape index (κ3) is 3.43. The molecule has 5 heteroatoms. The normalized spacial score (nSPS) is 20.6. The van der Waals surface area contributed by atoms with Gasteiger partial charge in [-0.3, -0.25) is 4.90 Å². The second kappa shape index (κ2) is 6.21. The molecule has 2 heterocycles. The minimum absolute atomic E-state index is 0. The number of halogens is 2. The Balaban J connectivity index is 0.00000112. The van der Waals surface area contributed by atoms with E-state index in [1.807, 2.05) is 11.3 Å². The van der Waals surface area contributed by atoms with Gasteiger partial charge in [-0.1, -0.05) is 0 Å². The Morgan fingerprint density at radius 2 is 2.47 bits per heavy atom. The number of nitrogens with one attached hydrogen (secondary N) is 1. The minimum Gasteiger partial charge on any atom is -0.315 e. The van der Waals surface area contributed by atoms with E-state index in [0.29, 0.717) is 6.04 Å². The molecule has 1 unspecified atom stereocenters. The van der Waals surface area contributed by atoms with Crippen molar-refractivity contribution in [1.29, 1.82) is 0 Å². The van der Waals surface area contributed by atoms with E-state index in [1.54, 1.807) is 0 Å². The third-order valence-corrected chi connectivity index (χ3v) is 4.65. The first-order chi connectivity index (χ1) is 6.77. The molecule has 0 amide bonds. The molecule has 2 rings (SSSR count). The first-order valence-corrected chi connectivity index (χ1v) is 6.57. The van der Waals surface area contributed by atoms with E-state index < -0.39 is 0 Å². The highest BCUT2D eigenvalue weighted by Gasteiger charge is 2.19. The highest BCUT2D eigenvalue weighted by atomic mass is 79.9. The van der Waals surface area contributed by atoms with E-state index in [0.717, 1.165) is 13.1 Å². The largest absolute Gasteiger partial charge is 0.315 e. The first-order valence-electron chi connectivity index (χ1n) is 4.90. The molecule has 15 heavy (non-hydrogen) atoms. The molecule has 0 radical (unpaired) electrons. The third-order valence-electron chi connectivity index (χ3n) is 2.74. The van der Waals surface area contributed by atoms with Crippen LogP contribution < -0.4 is 5.32 Å². The lowest BCUT2D eigenvalue weighted by Crippen LogP contribution is -2.32. The molecule has 1 aliphatic heterocycles. The monoisotopic (exact) mass is 310 g/mol. The van der Waals surface area contributed by atoms with Crippen molar-refractivity contribution in [3.63, 3.8) is 0 Å². The zero-order valence-electron chi connectivity index (χ0n) is 8.70. The van der Waals surface area contributed by atoms with Gasteiger partial charge in [0, 0.05) is 28.5 Å². The fourth-order valence-corrected chi connectivity index (χ4v) is 3.35. The van der Waals surface area contributed by atoms with Crippen LogP contribution in [0.2, 0.25) is 0 Å². The second-order valence-electron chi connectivity index (χ2n) is 3.75. The van der Waals surface area contributed by atoms with Crippen LogP contribution in [0, 0.1) is 0 Å². The smallest absolute Gasteiger partial charge is 0.0339 e. The molecular formula is C10H16BrClN2S. The van der Waals surface area contributed by atoms with E-state index in [9.17, 15) is 0 Å². The topological polar surface area (TPSA) is 15.3 Å². The maximum absolute atomic E-state index is 3.57. The molecule has 86 valence electrons. The molecule has 1 aliphatic rings. The van der Waals surface area contributed by atoms with Crippen LogP contribution in [0.3, 0.4) is 0 Å². The molecule has 1 N–H and O–H groups in total. The van der Waals surface area contributed by atoms with Gasteiger partial charge in [0.05, 0.1) is 0 Å². The molecule has 0 aliphatic carbocycles. The van der Waals surface area contributed by atoms with E-state index in [1.165, 1.54) is 22.3 Å². The Bertz CT molecular complexity index is 299. The summed E-state index contributed by atoms with van der Waals surface area (Å²) in [5.41, 5.74) is 0. The Labute approximate surface area is 110 Å². The summed E-state index contributed by atoms with van der Waals surface area (Å²) in [6, 6.07) is 2.84. The van der Waals surface area contributed by atoms with Gasteiger partial charge in [0.15, 0.2) is 0 Å².